The molecular weight excluding hydrogens is 327 g/mol. The molecule has 1 saturated heterocycles. The average molecular weight is 345 g/mol. The molecule has 6 nitrogen and oxygen atoms in total. The van der Waals surface area contributed by atoms with Crippen LogP contribution in [-0.2, 0) is 9.53 Å². The lowest BCUT2D eigenvalue weighted by atomic mass is 10.0. The molecule has 0 aliphatic carbocycles. The van der Waals surface area contributed by atoms with Crippen LogP contribution in [0.3, 0.4) is 0 Å². The van der Waals surface area contributed by atoms with Crippen LogP contribution in [0.5, 0.6) is 0 Å². The number of halogens is 3. The van der Waals surface area contributed by atoms with Crippen LogP contribution in [0, 0.1) is 6.92 Å². The standard InChI is InChI=1S/C15H18F3N3O3/c1-9-10(14(23)24-2)5-6-12(19-9)20-11-4-3-7-21(13(11)22)8-15(16,17)18/h5-6,11H,3-4,7-8H2,1-2H3,(H,19,20). The first kappa shape index (κ1) is 18.0. The molecule has 2 rings (SSSR count). The summed E-state index contributed by atoms with van der Waals surface area (Å²) >= 11 is 0. The third-order valence-corrected chi connectivity index (χ3v) is 3.71. The molecule has 1 fully saturated rings. The number of rotatable bonds is 4. The van der Waals surface area contributed by atoms with Crippen molar-refractivity contribution in [1.29, 1.82) is 0 Å². The van der Waals surface area contributed by atoms with Crippen molar-refractivity contribution in [2.45, 2.75) is 32.0 Å². The fraction of sp³-hybridized carbons (Fsp3) is 0.533. The van der Waals surface area contributed by atoms with E-state index in [4.69, 9.17) is 0 Å². The number of hydrogen-bond acceptors (Lipinski definition) is 5. The highest BCUT2D eigenvalue weighted by atomic mass is 19.4. The summed E-state index contributed by atoms with van der Waals surface area (Å²) in [5.74, 6) is -0.806. The van der Waals surface area contributed by atoms with Crippen molar-refractivity contribution in [1.82, 2.24) is 9.88 Å². The minimum atomic E-state index is -4.42. The van der Waals surface area contributed by atoms with Gasteiger partial charge in [0.05, 0.1) is 18.4 Å². The van der Waals surface area contributed by atoms with E-state index in [1.54, 1.807) is 6.92 Å². The van der Waals surface area contributed by atoms with Crippen molar-refractivity contribution in [3.8, 4) is 0 Å². The van der Waals surface area contributed by atoms with Gasteiger partial charge in [-0.15, -0.1) is 0 Å². The van der Waals surface area contributed by atoms with Gasteiger partial charge in [0.25, 0.3) is 0 Å². The van der Waals surface area contributed by atoms with E-state index >= 15 is 0 Å². The van der Waals surface area contributed by atoms with Crippen LogP contribution in [0.25, 0.3) is 0 Å². The Kier molecular flexibility index (Phi) is 5.30. The summed E-state index contributed by atoms with van der Waals surface area (Å²) < 4.78 is 42.1. The van der Waals surface area contributed by atoms with Crippen LogP contribution in [0.15, 0.2) is 12.1 Å². The number of likely N-dealkylation sites (tertiary alicyclic amines) is 1. The maximum atomic E-state index is 12.5. The zero-order chi connectivity index (χ0) is 17.9. The van der Waals surface area contributed by atoms with Crippen molar-refractivity contribution in [3.63, 3.8) is 0 Å². The zero-order valence-electron chi connectivity index (χ0n) is 13.3. The SMILES string of the molecule is COC(=O)c1ccc(NC2CCCN(CC(F)(F)F)C2=O)nc1C. The summed E-state index contributed by atoms with van der Waals surface area (Å²) in [6.45, 7) is 0.443. The summed E-state index contributed by atoms with van der Waals surface area (Å²) in [5, 5.41) is 2.85. The van der Waals surface area contributed by atoms with E-state index in [0.29, 0.717) is 24.4 Å². The van der Waals surface area contributed by atoms with Crippen LogP contribution in [-0.4, -0.2) is 54.2 Å². The number of aryl methyl sites for hydroxylation is 1. The first-order valence-corrected chi connectivity index (χ1v) is 7.39. The van der Waals surface area contributed by atoms with Crippen molar-refractivity contribution < 1.29 is 27.5 Å². The largest absolute Gasteiger partial charge is 0.465 e. The van der Waals surface area contributed by atoms with E-state index in [0.717, 1.165) is 4.90 Å². The number of hydrogen-bond donors (Lipinski definition) is 1. The Labute approximate surface area is 137 Å². The lowest BCUT2D eigenvalue weighted by molar-refractivity contribution is -0.163. The average Bonchev–Trinajstić information content (AvgIpc) is 2.49. The topological polar surface area (TPSA) is 71.5 Å². The molecule has 132 valence electrons. The second-order valence-corrected chi connectivity index (χ2v) is 5.54. The highest BCUT2D eigenvalue weighted by molar-refractivity contribution is 5.91. The van der Waals surface area contributed by atoms with Crippen LogP contribution >= 0.6 is 0 Å². The normalized spacial score (nSPS) is 18.5. The fourth-order valence-corrected chi connectivity index (χ4v) is 2.59. The van der Waals surface area contributed by atoms with Gasteiger partial charge >= 0.3 is 12.1 Å². The van der Waals surface area contributed by atoms with Gasteiger partial charge in [-0.3, -0.25) is 4.79 Å². The summed E-state index contributed by atoms with van der Waals surface area (Å²) in [7, 11) is 1.25. The van der Waals surface area contributed by atoms with E-state index in [1.807, 2.05) is 0 Å². The summed E-state index contributed by atoms with van der Waals surface area (Å²) in [6, 6.07) is 2.23. The number of pyridine rings is 1. The molecular formula is C15H18F3N3O3. The van der Waals surface area contributed by atoms with Gasteiger partial charge in [0.15, 0.2) is 0 Å². The van der Waals surface area contributed by atoms with Crippen molar-refractivity contribution >= 4 is 17.7 Å². The number of aromatic nitrogens is 1. The number of alkyl halides is 3. The molecule has 9 heteroatoms. The Morgan fingerprint density at radius 2 is 2.17 bits per heavy atom. The molecule has 0 radical (unpaired) electrons. The molecule has 24 heavy (non-hydrogen) atoms. The predicted octanol–water partition coefficient (Wildman–Crippen LogP) is 2.14. The van der Waals surface area contributed by atoms with Crippen LogP contribution in [0.1, 0.15) is 28.9 Å². The Morgan fingerprint density at radius 3 is 2.75 bits per heavy atom. The number of nitrogens with zero attached hydrogens (tertiary/aromatic N) is 2. The Morgan fingerprint density at radius 1 is 1.46 bits per heavy atom. The van der Waals surface area contributed by atoms with Gasteiger partial charge in [-0.1, -0.05) is 0 Å². The summed E-state index contributed by atoms with van der Waals surface area (Å²) in [6.07, 6.45) is -3.53. The predicted molar refractivity (Wildman–Crippen MR) is 79.6 cm³/mol. The molecule has 1 atom stereocenters. The molecule has 0 aromatic carbocycles. The molecule has 2 heterocycles. The third-order valence-electron chi connectivity index (χ3n) is 3.71. The number of carbonyl (C=O) groups excluding carboxylic acids is 2. The zero-order valence-corrected chi connectivity index (χ0v) is 13.3. The van der Waals surface area contributed by atoms with E-state index < -0.39 is 30.6 Å². The summed E-state index contributed by atoms with van der Waals surface area (Å²) in [5.41, 5.74) is 0.693. The second kappa shape index (κ2) is 7.06. The van der Waals surface area contributed by atoms with Gasteiger partial charge < -0.3 is 15.0 Å². The van der Waals surface area contributed by atoms with E-state index in [2.05, 4.69) is 15.0 Å². The van der Waals surface area contributed by atoms with E-state index in [9.17, 15) is 22.8 Å². The van der Waals surface area contributed by atoms with Crippen LogP contribution in [0.2, 0.25) is 0 Å². The Balaban J connectivity index is 2.08. The van der Waals surface area contributed by atoms with Gasteiger partial charge in [-0.05, 0) is 31.9 Å². The lowest BCUT2D eigenvalue weighted by Crippen LogP contribution is -2.50. The first-order valence-electron chi connectivity index (χ1n) is 7.39. The van der Waals surface area contributed by atoms with E-state index in [-0.39, 0.29) is 12.1 Å². The Hall–Kier alpha value is -2.32. The number of ether oxygens (including phenoxy) is 1. The number of amides is 1. The molecule has 1 aliphatic heterocycles. The molecule has 1 N–H and O–H groups in total. The smallest absolute Gasteiger partial charge is 0.406 e. The molecule has 1 unspecified atom stereocenters. The molecule has 1 aliphatic rings. The quantitative estimate of drug-likeness (QED) is 0.847. The highest BCUT2D eigenvalue weighted by Gasteiger charge is 2.37. The first-order chi connectivity index (χ1) is 11.2. The second-order valence-electron chi connectivity index (χ2n) is 5.54. The maximum absolute atomic E-state index is 12.5. The maximum Gasteiger partial charge on any atom is 0.406 e. The molecule has 1 aromatic heterocycles. The van der Waals surface area contributed by atoms with Gasteiger partial charge in [-0.25, -0.2) is 9.78 Å². The number of esters is 1. The third kappa shape index (κ3) is 4.36. The molecule has 0 bridgehead atoms. The number of piperidine rings is 1. The van der Waals surface area contributed by atoms with Gasteiger partial charge in [-0.2, -0.15) is 13.2 Å². The number of methoxy groups -OCH3 is 1. The summed E-state index contributed by atoms with van der Waals surface area (Å²) in [4.78, 5) is 28.7. The molecule has 1 aromatic rings. The lowest BCUT2D eigenvalue weighted by Gasteiger charge is -2.33. The number of carbonyl (C=O) groups is 2. The fourth-order valence-electron chi connectivity index (χ4n) is 2.59. The number of anilines is 1. The highest BCUT2D eigenvalue weighted by Crippen LogP contribution is 2.22. The Bertz CT molecular complexity index is 634. The van der Waals surface area contributed by atoms with Crippen LogP contribution < -0.4 is 5.32 Å². The number of nitrogens with one attached hydrogen (secondary N) is 1. The van der Waals surface area contributed by atoms with Gasteiger partial charge in [0.1, 0.15) is 18.4 Å². The van der Waals surface area contributed by atoms with Crippen molar-refractivity contribution in [2.75, 3.05) is 25.5 Å². The molecule has 0 spiro atoms. The van der Waals surface area contributed by atoms with Gasteiger partial charge in [0, 0.05) is 6.54 Å². The van der Waals surface area contributed by atoms with Gasteiger partial charge in [0.2, 0.25) is 5.91 Å². The molecule has 1 amide bonds. The van der Waals surface area contributed by atoms with Crippen LogP contribution in [0.4, 0.5) is 19.0 Å². The van der Waals surface area contributed by atoms with Crippen molar-refractivity contribution in [2.24, 2.45) is 0 Å². The van der Waals surface area contributed by atoms with Crippen molar-refractivity contribution in [3.05, 3.63) is 23.4 Å². The van der Waals surface area contributed by atoms with E-state index in [1.165, 1.54) is 19.2 Å². The molecule has 0 saturated carbocycles. The monoisotopic (exact) mass is 345 g/mol. The minimum absolute atomic E-state index is 0.0876. The minimum Gasteiger partial charge on any atom is -0.465 e.